The van der Waals surface area contributed by atoms with Gasteiger partial charge in [-0.1, -0.05) is 22.0 Å². The molecule has 0 aromatic heterocycles. The summed E-state index contributed by atoms with van der Waals surface area (Å²) in [7, 11) is -3.16. The van der Waals surface area contributed by atoms with Crippen LogP contribution in [0.2, 0.25) is 0 Å². The molecule has 0 amide bonds. The maximum atomic E-state index is 12.4. The number of benzene rings is 1. The van der Waals surface area contributed by atoms with E-state index in [-0.39, 0.29) is 11.7 Å². The number of halogens is 1. The molecule has 2 rings (SSSR count). The van der Waals surface area contributed by atoms with Crippen LogP contribution in [0, 0.1) is 12.8 Å². The van der Waals surface area contributed by atoms with Gasteiger partial charge in [-0.15, -0.1) is 0 Å². The molecule has 1 aromatic carbocycles. The highest BCUT2D eigenvalue weighted by molar-refractivity contribution is 9.10. The highest BCUT2D eigenvalue weighted by atomic mass is 79.9. The number of nitrogens with zero attached hydrogens (tertiary/aromatic N) is 1. The number of piperidine rings is 1. The highest BCUT2D eigenvalue weighted by Crippen LogP contribution is 2.25. The van der Waals surface area contributed by atoms with Gasteiger partial charge in [-0.05, 0) is 43.4 Å². The molecule has 0 aliphatic carbocycles. The number of Topliss-reactive ketones (excluding diaryl/α,β-unsaturated/α-hetero) is 1. The minimum absolute atomic E-state index is 0.0975. The lowest BCUT2D eigenvalue weighted by Crippen LogP contribution is -2.39. The molecule has 0 saturated carbocycles. The molecular weight excluding hydrogens is 354 g/mol. The Morgan fingerprint density at radius 3 is 2.76 bits per heavy atom. The smallest absolute Gasteiger partial charge is 0.211 e. The summed E-state index contributed by atoms with van der Waals surface area (Å²) >= 11 is 3.39. The monoisotopic (exact) mass is 373 g/mol. The van der Waals surface area contributed by atoms with Gasteiger partial charge in [0.05, 0.1) is 6.26 Å². The van der Waals surface area contributed by atoms with E-state index in [2.05, 4.69) is 15.9 Å². The van der Waals surface area contributed by atoms with Crippen molar-refractivity contribution in [3.8, 4) is 0 Å². The average molecular weight is 374 g/mol. The van der Waals surface area contributed by atoms with E-state index in [0.717, 1.165) is 28.4 Å². The number of carbonyl (C=O) groups excluding carboxylic acids is 1. The summed E-state index contributed by atoms with van der Waals surface area (Å²) < 4.78 is 25.7. The number of sulfonamides is 1. The van der Waals surface area contributed by atoms with Crippen molar-refractivity contribution in [2.24, 2.45) is 5.92 Å². The van der Waals surface area contributed by atoms with E-state index < -0.39 is 10.0 Å². The quantitative estimate of drug-likeness (QED) is 0.762. The van der Waals surface area contributed by atoms with E-state index in [0.29, 0.717) is 19.5 Å². The third-order valence-electron chi connectivity index (χ3n) is 3.91. The zero-order chi connectivity index (χ0) is 15.6. The second-order valence-electron chi connectivity index (χ2n) is 5.72. The van der Waals surface area contributed by atoms with Crippen LogP contribution in [0.25, 0.3) is 0 Å². The second-order valence-corrected chi connectivity index (χ2v) is 8.61. The van der Waals surface area contributed by atoms with Crippen molar-refractivity contribution >= 4 is 31.7 Å². The maximum absolute atomic E-state index is 12.4. The van der Waals surface area contributed by atoms with E-state index in [9.17, 15) is 13.2 Å². The molecule has 116 valence electrons. The summed E-state index contributed by atoms with van der Waals surface area (Å²) in [5.74, 6) is 0.212. The SMILES string of the molecule is Cc1cc(Br)ccc1C(=O)CC1CCCN(S(C)(=O)=O)C1. The van der Waals surface area contributed by atoms with Gasteiger partial charge in [-0.3, -0.25) is 4.79 Å². The Morgan fingerprint density at radius 1 is 1.43 bits per heavy atom. The van der Waals surface area contributed by atoms with Gasteiger partial charge in [0.25, 0.3) is 0 Å². The maximum Gasteiger partial charge on any atom is 0.211 e. The molecule has 1 aliphatic heterocycles. The van der Waals surface area contributed by atoms with E-state index in [1.54, 1.807) is 0 Å². The number of hydrogen-bond acceptors (Lipinski definition) is 3. The molecule has 1 heterocycles. The summed E-state index contributed by atoms with van der Waals surface area (Å²) in [6, 6.07) is 5.62. The van der Waals surface area contributed by atoms with Crippen molar-refractivity contribution in [3.05, 3.63) is 33.8 Å². The first kappa shape index (κ1) is 16.6. The first-order valence-corrected chi connectivity index (χ1v) is 9.66. The summed E-state index contributed by atoms with van der Waals surface area (Å²) in [6.07, 6.45) is 3.38. The van der Waals surface area contributed by atoms with Crippen molar-refractivity contribution in [2.75, 3.05) is 19.3 Å². The molecule has 1 saturated heterocycles. The Labute approximate surface area is 134 Å². The molecule has 1 unspecified atom stereocenters. The largest absolute Gasteiger partial charge is 0.294 e. The van der Waals surface area contributed by atoms with E-state index in [1.807, 2.05) is 25.1 Å². The lowest BCUT2D eigenvalue weighted by molar-refractivity contribution is 0.0942. The Balaban J connectivity index is 2.05. The van der Waals surface area contributed by atoms with Crippen molar-refractivity contribution < 1.29 is 13.2 Å². The van der Waals surface area contributed by atoms with Crippen molar-refractivity contribution in [2.45, 2.75) is 26.2 Å². The third-order valence-corrected chi connectivity index (χ3v) is 5.68. The van der Waals surface area contributed by atoms with E-state index in [4.69, 9.17) is 0 Å². The highest BCUT2D eigenvalue weighted by Gasteiger charge is 2.27. The Hall–Kier alpha value is -0.720. The average Bonchev–Trinajstić information content (AvgIpc) is 2.37. The minimum atomic E-state index is -3.16. The standard InChI is InChI=1S/C15H20BrNO3S/c1-11-8-13(16)5-6-14(11)15(18)9-12-4-3-7-17(10-12)21(2,19)20/h5-6,8,12H,3-4,7,9-10H2,1-2H3. The molecule has 6 heteroatoms. The first-order chi connectivity index (χ1) is 9.77. The number of carbonyl (C=O) groups is 1. The Morgan fingerprint density at radius 2 is 2.14 bits per heavy atom. The predicted octanol–water partition coefficient (Wildman–Crippen LogP) is 3.00. The number of aryl methyl sites for hydroxylation is 1. The second kappa shape index (κ2) is 6.58. The van der Waals surface area contributed by atoms with Crippen molar-refractivity contribution in [1.82, 2.24) is 4.31 Å². The fraction of sp³-hybridized carbons (Fsp3) is 0.533. The van der Waals surface area contributed by atoms with Gasteiger partial charge < -0.3 is 0 Å². The van der Waals surface area contributed by atoms with Crippen LogP contribution >= 0.6 is 15.9 Å². The van der Waals surface area contributed by atoms with Crippen LogP contribution in [0.15, 0.2) is 22.7 Å². The van der Waals surface area contributed by atoms with E-state index >= 15 is 0 Å². The fourth-order valence-electron chi connectivity index (χ4n) is 2.81. The number of ketones is 1. The van der Waals surface area contributed by atoms with Crippen LogP contribution in [0.5, 0.6) is 0 Å². The Bertz CT molecular complexity index is 642. The summed E-state index contributed by atoms with van der Waals surface area (Å²) in [4.78, 5) is 12.4. The van der Waals surface area contributed by atoms with Crippen LogP contribution in [0.4, 0.5) is 0 Å². The van der Waals surface area contributed by atoms with Crippen LogP contribution in [0.1, 0.15) is 35.2 Å². The normalized spacial score (nSPS) is 20.4. The van der Waals surface area contributed by atoms with Gasteiger partial charge in [0.15, 0.2) is 5.78 Å². The summed E-state index contributed by atoms with van der Waals surface area (Å²) in [5.41, 5.74) is 1.68. The zero-order valence-corrected chi connectivity index (χ0v) is 14.7. The fourth-order valence-corrected chi connectivity index (χ4v) is 4.22. The minimum Gasteiger partial charge on any atom is -0.294 e. The van der Waals surface area contributed by atoms with Crippen LogP contribution in [0.3, 0.4) is 0 Å². The molecule has 0 spiro atoms. The number of hydrogen-bond donors (Lipinski definition) is 0. The van der Waals surface area contributed by atoms with Gasteiger partial charge in [0.2, 0.25) is 10.0 Å². The molecule has 4 nitrogen and oxygen atoms in total. The molecule has 21 heavy (non-hydrogen) atoms. The first-order valence-electron chi connectivity index (χ1n) is 7.02. The third kappa shape index (κ3) is 4.37. The summed E-state index contributed by atoms with van der Waals surface area (Å²) in [6.45, 7) is 2.95. The van der Waals surface area contributed by atoms with Gasteiger partial charge in [0, 0.05) is 29.5 Å². The van der Waals surface area contributed by atoms with Gasteiger partial charge in [-0.2, -0.15) is 0 Å². The predicted molar refractivity (Wildman–Crippen MR) is 87.0 cm³/mol. The van der Waals surface area contributed by atoms with Gasteiger partial charge in [-0.25, -0.2) is 12.7 Å². The summed E-state index contributed by atoms with van der Waals surface area (Å²) in [5, 5.41) is 0. The van der Waals surface area contributed by atoms with Crippen LogP contribution in [-0.2, 0) is 10.0 Å². The van der Waals surface area contributed by atoms with Gasteiger partial charge in [0.1, 0.15) is 0 Å². The molecule has 1 atom stereocenters. The van der Waals surface area contributed by atoms with Gasteiger partial charge >= 0.3 is 0 Å². The van der Waals surface area contributed by atoms with Crippen molar-refractivity contribution in [1.29, 1.82) is 0 Å². The van der Waals surface area contributed by atoms with Crippen molar-refractivity contribution in [3.63, 3.8) is 0 Å². The molecular formula is C15H20BrNO3S. The lowest BCUT2D eigenvalue weighted by Gasteiger charge is -2.30. The van der Waals surface area contributed by atoms with E-state index in [1.165, 1.54) is 10.6 Å². The Kier molecular flexibility index (Phi) is 5.22. The molecule has 1 aromatic rings. The van der Waals surface area contributed by atoms with Crippen LogP contribution in [-0.4, -0.2) is 37.9 Å². The molecule has 0 radical (unpaired) electrons. The molecule has 1 aliphatic rings. The zero-order valence-electron chi connectivity index (χ0n) is 12.3. The topological polar surface area (TPSA) is 54.5 Å². The molecule has 1 fully saturated rings. The molecule has 0 N–H and O–H groups in total. The number of rotatable bonds is 4. The molecule has 0 bridgehead atoms. The lowest BCUT2D eigenvalue weighted by atomic mass is 9.91. The van der Waals surface area contributed by atoms with Crippen LogP contribution < -0.4 is 0 Å².